The second-order valence-electron chi connectivity index (χ2n) is 3.54. The van der Waals surface area contributed by atoms with Crippen LogP contribution in [0.3, 0.4) is 0 Å². The third-order valence-electron chi connectivity index (χ3n) is 1.48. The maximum absolute atomic E-state index is 11.3. The second kappa shape index (κ2) is 6.57. The topological polar surface area (TPSA) is 151 Å². The summed E-state index contributed by atoms with van der Waals surface area (Å²) in [6.07, 6.45) is 0.108. The lowest BCUT2D eigenvalue weighted by molar-refractivity contribution is 0.222. The molecule has 0 saturated carbocycles. The standard InChI is InChI=1S/C6H15O9P3/c1-6(2)4-3-5-16(7,8)14-18(12,13)15-17(9,10)11/h1,3-5H2,2H3,(H,7,8)(H,12,13)(H2,9,10,11). The molecule has 9 nitrogen and oxygen atoms in total. The Bertz CT molecular complexity index is 438. The van der Waals surface area contributed by atoms with Crippen molar-refractivity contribution in [2.45, 2.75) is 19.8 Å². The van der Waals surface area contributed by atoms with Crippen LogP contribution in [0.25, 0.3) is 0 Å². The molecule has 2 unspecified atom stereocenters. The van der Waals surface area contributed by atoms with Crippen molar-refractivity contribution in [2.24, 2.45) is 0 Å². The van der Waals surface area contributed by atoms with Gasteiger partial charge < -0.3 is 19.6 Å². The van der Waals surface area contributed by atoms with Gasteiger partial charge in [-0.15, -0.1) is 6.58 Å². The van der Waals surface area contributed by atoms with E-state index >= 15 is 0 Å². The summed E-state index contributed by atoms with van der Waals surface area (Å²) in [6.45, 7) is 5.25. The Labute approximate surface area is 104 Å². The fourth-order valence-electron chi connectivity index (χ4n) is 0.932. The van der Waals surface area contributed by atoms with Crippen LogP contribution in [0.5, 0.6) is 0 Å². The molecule has 0 aromatic carbocycles. The lowest BCUT2D eigenvalue weighted by Gasteiger charge is -2.16. The van der Waals surface area contributed by atoms with Gasteiger partial charge in [0, 0.05) is 0 Å². The van der Waals surface area contributed by atoms with Crippen LogP contribution >= 0.6 is 23.2 Å². The quantitative estimate of drug-likeness (QED) is 0.386. The predicted octanol–water partition coefficient (Wildman–Crippen LogP) is 1.75. The third-order valence-corrected chi connectivity index (χ3v) is 5.89. The third kappa shape index (κ3) is 10.1. The molecule has 0 rings (SSSR count). The molecule has 4 N–H and O–H groups in total. The first-order chi connectivity index (χ1) is 7.83. The van der Waals surface area contributed by atoms with E-state index in [1.807, 2.05) is 0 Å². The van der Waals surface area contributed by atoms with Gasteiger partial charge in [0.1, 0.15) is 0 Å². The molecular weight excluding hydrogens is 309 g/mol. The molecule has 0 radical (unpaired) electrons. The van der Waals surface area contributed by atoms with Crippen molar-refractivity contribution in [3.63, 3.8) is 0 Å². The molecule has 0 fully saturated rings. The molecule has 0 aromatic rings. The van der Waals surface area contributed by atoms with Crippen LogP contribution < -0.4 is 0 Å². The van der Waals surface area contributed by atoms with E-state index in [0.717, 1.165) is 5.57 Å². The van der Waals surface area contributed by atoms with Gasteiger partial charge in [-0.3, -0.25) is 4.57 Å². The van der Waals surface area contributed by atoms with Crippen molar-refractivity contribution >= 4 is 23.2 Å². The van der Waals surface area contributed by atoms with Crippen LogP contribution in [-0.4, -0.2) is 25.7 Å². The molecule has 0 aromatic heterocycles. The van der Waals surface area contributed by atoms with Gasteiger partial charge in [-0.05, 0) is 19.8 Å². The summed E-state index contributed by atoms with van der Waals surface area (Å²) in [4.78, 5) is 34.6. The summed E-state index contributed by atoms with van der Waals surface area (Å²) in [7, 11) is -15.1. The van der Waals surface area contributed by atoms with Crippen LogP contribution in [-0.2, 0) is 22.3 Å². The van der Waals surface area contributed by atoms with E-state index in [0.29, 0.717) is 6.42 Å². The molecule has 0 amide bonds. The Morgan fingerprint density at radius 1 is 1.11 bits per heavy atom. The van der Waals surface area contributed by atoms with Gasteiger partial charge in [0.05, 0.1) is 6.16 Å². The van der Waals surface area contributed by atoms with E-state index < -0.39 is 29.4 Å². The Balaban J connectivity index is 4.47. The summed E-state index contributed by atoms with van der Waals surface area (Å²) in [5.74, 6) is 0. The van der Waals surface area contributed by atoms with Crippen molar-refractivity contribution in [3.05, 3.63) is 12.2 Å². The minimum Gasteiger partial charge on any atom is -0.324 e. The van der Waals surface area contributed by atoms with Crippen LogP contribution in [0.15, 0.2) is 12.2 Å². The van der Waals surface area contributed by atoms with Gasteiger partial charge in [0.15, 0.2) is 0 Å². The van der Waals surface area contributed by atoms with Crippen LogP contribution in [0, 0.1) is 0 Å². The fraction of sp³-hybridized carbons (Fsp3) is 0.667. The van der Waals surface area contributed by atoms with E-state index in [4.69, 9.17) is 14.7 Å². The predicted molar refractivity (Wildman–Crippen MR) is 62.8 cm³/mol. The van der Waals surface area contributed by atoms with E-state index in [-0.39, 0.29) is 6.42 Å². The molecule has 0 bridgehead atoms. The van der Waals surface area contributed by atoms with E-state index in [2.05, 4.69) is 15.2 Å². The van der Waals surface area contributed by atoms with Gasteiger partial charge in [0.25, 0.3) is 0 Å². The van der Waals surface area contributed by atoms with E-state index in [1.165, 1.54) is 0 Å². The zero-order valence-electron chi connectivity index (χ0n) is 9.50. The fourth-order valence-corrected chi connectivity index (χ4v) is 4.57. The van der Waals surface area contributed by atoms with Crippen LogP contribution in [0.1, 0.15) is 19.8 Å². The first-order valence-corrected chi connectivity index (χ1v) is 9.39. The molecule has 18 heavy (non-hydrogen) atoms. The first-order valence-electron chi connectivity index (χ1n) is 4.60. The Morgan fingerprint density at radius 3 is 2.00 bits per heavy atom. The highest BCUT2D eigenvalue weighted by Gasteiger charge is 2.39. The molecular formula is C6H15O9P3. The van der Waals surface area contributed by atoms with Crippen molar-refractivity contribution in [2.75, 3.05) is 6.16 Å². The minimum absolute atomic E-state index is 0.166. The lowest BCUT2D eigenvalue weighted by Crippen LogP contribution is -1.96. The Kier molecular flexibility index (Phi) is 6.64. The highest BCUT2D eigenvalue weighted by molar-refractivity contribution is 7.68. The lowest BCUT2D eigenvalue weighted by atomic mass is 10.2. The average Bonchev–Trinajstić information content (AvgIpc) is 1.93. The molecule has 0 saturated heterocycles. The molecule has 12 heteroatoms. The second-order valence-corrected chi connectivity index (χ2v) is 8.49. The van der Waals surface area contributed by atoms with Crippen LogP contribution in [0.4, 0.5) is 0 Å². The number of hydrogen-bond acceptors (Lipinski definition) is 5. The average molecular weight is 324 g/mol. The molecule has 0 spiro atoms. The number of allylic oxidation sites excluding steroid dienone is 1. The molecule has 0 aliphatic carbocycles. The van der Waals surface area contributed by atoms with Crippen molar-refractivity contribution < 1.29 is 41.9 Å². The monoisotopic (exact) mass is 324 g/mol. The van der Waals surface area contributed by atoms with Gasteiger partial charge >= 0.3 is 23.2 Å². The SMILES string of the molecule is C=C(C)CCCP(=O)(O)OP(=O)(O)OP(=O)(O)O. The smallest absolute Gasteiger partial charge is 0.324 e. The largest absolute Gasteiger partial charge is 0.488 e. The summed E-state index contributed by atoms with van der Waals surface area (Å²) in [5.41, 5.74) is 0.744. The van der Waals surface area contributed by atoms with Gasteiger partial charge in [-0.1, -0.05) is 5.57 Å². The summed E-state index contributed by atoms with van der Waals surface area (Å²) in [5, 5.41) is 0. The molecule has 2 atom stereocenters. The maximum atomic E-state index is 11.3. The van der Waals surface area contributed by atoms with E-state index in [9.17, 15) is 18.6 Å². The number of phosphoric acid groups is 2. The summed E-state index contributed by atoms with van der Waals surface area (Å²) < 4.78 is 39.9. The highest BCUT2D eigenvalue weighted by atomic mass is 31.3. The van der Waals surface area contributed by atoms with Crippen molar-refractivity contribution in [3.8, 4) is 0 Å². The zero-order chi connectivity index (χ0) is 14.6. The molecule has 108 valence electrons. The molecule has 0 heterocycles. The first kappa shape index (κ1) is 18.2. The minimum atomic E-state index is -5.30. The van der Waals surface area contributed by atoms with Gasteiger partial charge in [-0.2, -0.15) is 4.31 Å². The van der Waals surface area contributed by atoms with Gasteiger partial charge in [0.2, 0.25) is 0 Å². The summed E-state index contributed by atoms with van der Waals surface area (Å²) in [6, 6.07) is 0. The zero-order valence-corrected chi connectivity index (χ0v) is 12.2. The number of rotatable bonds is 8. The summed E-state index contributed by atoms with van der Waals surface area (Å²) >= 11 is 0. The normalized spacial score (nSPS) is 18.9. The van der Waals surface area contributed by atoms with Crippen molar-refractivity contribution in [1.82, 2.24) is 0 Å². The maximum Gasteiger partial charge on any atom is 0.488 e. The van der Waals surface area contributed by atoms with Crippen molar-refractivity contribution in [1.29, 1.82) is 0 Å². The molecule has 0 aliphatic rings. The highest BCUT2D eigenvalue weighted by Crippen LogP contribution is 2.66. The molecule has 0 aliphatic heterocycles. The van der Waals surface area contributed by atoms with Crippen LogP contribution in [0.2, 0.25) is 0 Å². The Hall–Kier alpha value is 0.190. The number of hydrogen-bond donors (Lipinski definition) is 4. The van der Waals surface area contributed by atoms with Gasteiger partial charge in [-0.25, -0.2) is 13.4 Å². The Morgan fingerprint density at radius 2 is 1.61 bits per heavy atom. The van der Waals surface area contributed by atoms with E-state index in [1.54, 1.807) is 6.92 Å².